The topological polar surface area (TPSA) is 29.1 Å². The van der Waals surface area contributed by atoms with Gasteiger partial charge in [-0.3, -0.25) is 4.79 Å². The quantitative estimate of drug-likeness (QED) is 0.507. The molecule has 0 saturated heterocycles. The third kappa shape index (κ3) is 7.66. The van der Waals surface area contributed by atoms with Crippen molar-refractivity contribution in [3.05, 3.63) is 12.2 Å². The lowest BCUT2D eigenvalue weighted by Crippen LogP contribution is -2.22. The van der Waals surface area contributed by atoms with E-state index in [1.165, 1.54) is 12.2 Å². The van der Waals surface area contributed by atoms with Crippen LogP contribution in [0.3, 0.4) is 0 Å². The number of allylic oxidation sites excluding steroid dienone is 1. The molecule has 1 amide bonds. The third-order valence-corrected chi connectivity index (χ3v) is 2.09. The van der Waals surface area contributed by atoms with Crippen LogP contribution in [0.25, 0.3) is 0 Å². The van der Waals surface area contributed by atoms with Gasteiger partial charge in [0.1, 0.15) is 0 Å². The van der Waals surface area contributed by atoms with Crippen molar-refractivity contribution in [3.8, 4) is 0 Å². The third-order valence-electron chi connectivity index (χ3n) is 1.39. The summed E-state index contributed by atoms with van der Waals surface area (Å²) >= 11 is 1.84. The Morgan fingerprint density at radius 1 is 1.50 bits per heavy atom. The highest BCUT2D eigenvalue weighted by Crippen LogP contribution is 1.97. The summed E-state index contributed by atoms with van der Waals surface area (Å²) in [6.07, 6.45) is 7.64. The van der Waals surface area contributed by atoms with Crippen LogP contribution in [0.1, 0.15) is 19.8 Å². The second-order valence-electron chi connectivity index (χ2n) is 2.49. The molecule has 0 aliphatic carbocycles. The van der Waals surface area contributed by atoms with E-state index < -0.39 is 0 Å². The van der Waals surface area contributed by atoms with Crippen molar-refractivity contribution in [2.45, 2.75) is 19.8 Å². The van der Waals surface area contributed by atoms with Crippen LogP contribution in [-0.2, 0) is 4.79 Å². The molecule has 0 spiro atoms. The first kappa shape index (κ1) is 11.6. The number of thioether (sulfide) groups is 1. The van der Waals surface area contributed by atoms with Gasteiger partial charge in [-0.05, 0) is 37.9 Å². The molecule has 0 saturated carbocycles. The van der Waals surface area contributed by atoms with E-state index in [4.69, 9.17) is 0 Å². The fourth-order valence-electron chi connectivity index (χ4n) is 0.793. The molecule has 70 valence electrons. The van der Waals surface area contributed by atoms with E-state index in [1.54, 1.807) is 12.2 Å². The van der Waals surface area contributed by atoms with Crippen molar-refractivity contribution in [1.29, 1.82) is 0 Å². The maximum atomic E-state index is 10.9. The first-order valence-corrected chi connectivity index (χ1v) is 5.60. The molecule has 0 rings (SSSR count). The number of hydrogen-bond donors (Lipinski definition) is 1. The summed E-state index contributed by atoms with van der Waals surface area (Å²) in [5.74, 6) is 1.20. The van der Waals surface area contributed by atoms with Crippen molar-refractivity contribution in [2.75, 3.05) is 18.6 Å². The minimum absolute atomic E-state index is 0.0154. The zero-order chi connectivity index (χ0) is 9.23. The van der Waals surface area contributed by atoms with Crippen LogP contribution in [0.2, 0.25) is 0 Å². The van der Waals surface area contributed by atoms with Gasteiger partial charge in [-0.15, -0.1) is 0 Å². The summed E-state index contributed by atoms with van der Waals surface area (Å²) in [7, 11) is 0. The van der Waals surface area contributed by atoms with E-state index in [2.05, 4.69) is 11.6 Å². The van der Waals surface area contributed by atoms with Crippen molar-refractivity contribution in [1.82, 2.24) is 5.32 Å². The average Bonchev–Trinajstić information content (AvgIpc) is 2.05. The highest BCUT2D eigenvalue weighted by atomic mass is 32.2. The molecule has 0 aromatic heterocycles. The number of nitrogens with one attached hydrogen (secondary N) is 1. The molecule has 0 aromatic rings. The van der Waals surface area contributed by atoms with Gasteiger partial charge in [-0.1, -0.05) is 6.08 Å². The molecule has 1 N–H and O–H groups in total. The molecule has 0 bridgehead atoms. The number of rotatable bonds is 6. The summed E-state index contributed by atoms with van der Waals surface area (Å²) in [5.41, 5.74) is 0. The molecule has 0 heterocycles. The van der Waals surface area contributed by atoms with Gasteiger partial charge in [-0.2, -0.15) is 11.8 Å². The summed E-state index contributed by atoms with van der Waals surface area (Å²) in [6.45, 7) is 2.64. The van der Waals surface area contributed by atoms with Crippen LogP contribution in [0, 0.1) is 0 Å². The molecule has 0 aromatic carbocycles. The molecule has 0 radical (unpaired) electrons. The zero-order valence-corrected chi connectivity index (χ0v) is 8.62. The molecule has 0 aliphatic heterocycles. The van der Waals surface area contributed by atoms with Crippen LogP contribution in [-0.4, -0.2) is 24.5 Å². The predicted octanol–water partition coefficient (Wildman–Crippen LogP) is 1.82. The minimum atomic E-state index is 0.0154. The lowest BCUT2D eigenvalue weighted by molar-refractivity contribution is -0.116. The van der Waals surface area contributed by atoms with E-state index in [9.17, 15) is 4.79 Å². The number of hydrogen-bond acceptors (Lipinski definition) is 2. The lowest BCUT2D eigenvalue weighted by atomic mass is 10.3. The van der Waals surface area contributed by atoms with Gasteiger partial charge in [0.25, 0.3) is 0 Å². The van der Waals surface area contributed by atoms with Crippen molar-refractivity contribution >= 4 is 17.7 Å². The van der Waals surface area contributed by atoms with Gasteiger partial charge in [-0.25, -0.2) is 0 Å². The molecular formula is C9H17NOS. The first-order chi connectivity index (χ1) is 5.81. The summed E-state index contributed by atoms with van der Waals surface area (Å²) in [5, 5.41) is 2.81. The van der Waals surface area contributed by atoms with E-state index in [-0.39, 0.29) is 5.91 Å². The Balaban J connectivity index is 3.14. The summed E-state index contributed by atoms with van der Waals surface area (Å²) in [6, 6.07) is 0. The zero-order valence-electron chi connectivity index (χ0n) is 7.80. The predicted molar refractivity (Wildman–Crippen MR) is 55.4 cm³/mol. The SMILES string of the molecule is C/C=C/C(=O)NCCCCSC. The molecule has 0 atom stereocenters. The van der Waals surface area contributed by atoms with E-state index in [0.717, 1.165) is 13.0 Å². The standard InChI is InChI=1S/C9H17NOS/c1-3-6-9(11)10-7-4-5-8-12-2/h3,6H,4-5,7-8H2,1-2H3,(H,10,11)/b6-3+. The molecule has 2 nitrogen and oxygen atoms in total. The minimum Gasteiger partial charge on any atom is -0.353 e. The number of amides is 1. The van der Waals surface area contributed by atoms with Crippen LogP contribution in [0.15, 0.2) is 12.2 Å². The summed E-state index contributed by atoms with van der Waals surface area (Å²) < 4.78 is 0. The fourth-order valence-corrected chi connectivity index (χ4v) is 1.29. The molecule has 0 fully saturated rings. The van der Waals surface area contributed by atoms with Gasteiger partial charge < -0.3 is 5.32 Å². The number of carbonyl (C=O) groups is 1. The maximum Gasteiger partial charge on any atom is 0.243 e. The molecular weight excluding hydrogens is 170 g/mol. The van der Waals surface area contributed by atoms with Crippen LogP contribution >= 0.6 is 11.8 Å². The normalized spacial score (nSPS) is 10.5. The number of unbranched alkanes of at least 4 members (excludes halogenated alkanes) is 1. The van der Waals surface area contributed by atoms with Crippen LogP contribution in [0.4, 0.5) is 0 Å². The van der Waals surface area contributed by atoms with Crippen LogP contribution in [0.5, 0.6) is 0 Å². The van der Waals surface area contributed by atoms with Gasteiger partial charge in [0.2, 0.25) is 5.91 Å². The average molecular weight is 187 g/mol. The molecule has 12 heavy (non-hydrogen) atoms. The Morgan fingerprint density at radius 2 is 2.25 bits per heavy atom. The van der Waals surface area contributed by atoms with E-state index in [1.807, 2.05) is 18.7 Å². The number of carbonyl (C=O) groups excluding carboxylic acids is 1. The van der Waals surface area contributed by atoms with Crippen LogP contribution < -0.4 is 5.32 Å². The fraction of sp³-hybridized carbons (Fsp3) is 0.667. The Hall–Kier alpha value is -0.440. The second-order valence-corrected chi connectivity index (χ2v) is 3.48. The molecule has 0 aliphatic rings. The second kappa shape index (κ2) is 8.65. The Bertz CT molecular complexity index is 145. The summed E-state index contributed by atoms with van der Waals surface area (Å²) in [4.78, 5) is 10.9. The Morgan fingerprint density at radius 3 is 2.83 bits per heavy atom. The highest BCUT2D eigenvalue weighted by molar-refractivity contribution is 7.98. The highest BCUT2D eigenvalue weighted by Gasteiger charge is 1.92. The Kier molecular flexibility index (Phi) is 8.34. The Labute approximate surface area is 78.8 Å². The van der Waals surface area contributed by atoms with Gasteiger partial charge in [0, 0.05) is 6.54 Å². The lowest BCUT2D eigenvalue weighted by Gasteiger charge is -2.00. The maximum absolute atomic E-state index is 10.9. The van der Waals surface area contributed by atoms with Crippen molar-refractivity contribution in [2.24, 2.45) is 0 Å². The monoisotopic (exact) mass is 187 g/mol. The smallest absolute Gasteiger partial charge is 0.243 e. The molecule has 3 heteroatoms. The van der Waals surface area contributed by atoms with Gasteiger partial charge >= 0.3 is 0 Å². The molecule has 0 unspecified atom stereocenters. The van der Waals surface area contributed by atoms with Gasteiger partial charge in [0.15, 0.2) is 0 Å². The van der Waals surface area contributed by atoms with E-state index >= 15 is 0 Å². The van der Waals surface area contributed by atoms with Gasteiger partial charge in [0.05, 0.1) is 0 Å². The van der Waals surface area contributed by atoms with Crippen molar-refractivity contribution in [3.63, 3.8) is 0 Å². The van der Waals surface area contributed by atoms with Crippen molar-refractivity contribution < 1.29 is 4.79 Å². The largest absolute Gasteiger partial charge is 0.353 e. The van der Waals surface area contributed by atoms with E-state index in [0.29, 0.717) is 0 Å². The first-order valence-electron chi connectivity index (χ1n) is 4.20.